The number of pyridine rings is 1. The normalized spacial score (nSPS) is 21.9. The number of halogens is 2. The standard InChI is InChI=1S/C26H31F2N7O3/c1-15-20(38-17-6-4-5-16(11-17)23(36)37)8-7-18(31-15)22-19(35(3)34-33-22)12-30-24-29-10-9-21(32-24)25(2)13-26(27,28)14-25/h7-10,16-17H,4-6,11-14H2,1-3H3,(H,36,37)(H,29,30,32)/t16-,17-/m0/s1. The maximum atomic E-state index is 13.5. The summed E-state index contributed by atoms with van der Waals surface area (Å²) in [6.45, 7) is 3.93. The van der Waals surface area contributed by atoms with Gasteiger partial charge in [0.2, 0.25) is 11.9 Å². The molecule has 38 heavy (non-hydrogen) atoms. The first-order valence-electron chi connectivity index (χ1n) is 12.7. The Labute approximate surface area is 218 Å². The lowest BCUT2D eigenvalue weighted by Crippen LogP contribution is -2.47. The Morgan fingerprint density at radius 2 is 2.03 bits per heavy atom. The lowest BCUT2D eigenvalue weighted by atomic mass is 9.65. The van der Waals surface area contributed by atoms with Crippen LogP contribution in [0.4, 0.5) is 14.7 Å². The monoisotopic (exact) mass is 527 g/mol. The number of hydrogen-bond acceptors (Lipinski definition) is 8. The third kappa shape index (κ3) is 5.30. The number of nitrogens with one attached hydrogen (secondary N) is 1. The Kier molecular flexibility index (Phi) is 6.74. The predicted octanol–water partition coefficient (Wildman–Crippen LogP) is 4.30. The van der Waals surface area contributed by atoms with E-state index in [0.717, 1.165) is 18.5 Å². The Morgan fingerprint density at radius 3 is 2.74 bits per heavy atom. The van der Waals surface area contributed by atoms with Crippen molar-refractivity contribution in [3.8, 4) is 17.1 Å². The summed E-state index contributed by atoms with van der Waals surface area (Å²) in [7, 11) is 1.77. The van der Waals surface area contributed by atoms with Crippen LogP contribution >= 0.6 is 0 Å². The maximum Gasteiger partial charge on any atom is 0.306 e. The van der Waals surface area contributed by atoms with Crippen LogP contribution in [0.25, 0.3) is 11.4 Å². The summed E-state index contributed by atoms with van der Waals surface area (Å²) >= 11 is 0. The highest BCUT2D eigenvalue weighted by Crippen LogP contribution is 2.52. The topological polar surface area (TPSA) is 128 Å². The molecule has 10 nitrogen and oxygen atoms in total. The van der Waals surface area contributed by atoms with Gasteiger partial charge in [0.25, 0.3) is 0 Å². The van der Waals surface area contributed by atoms with Crippen LogP contribution in [0.3, 0.4) is 0 Å². The summed E-state index contributed by atoms with van der Waals surface area (Å²) in [5.41, 5.74) is 2.54. The number of aryl methyl sites for hydroxylation is 2. The molecule has 0 radical (unpaired) electrons. The number of alkyl halides is 2. The number of ether oxygens (including phenoxy) is 1. The lowest BCUT2D eigenvalue weighted by Gasteiger charge is -2.44. The molecule has 0 amide bonds. The molecule has 0 aliphatic heterocycles. The van der Waals surface area contributed by atoms with Crippen LogP contribution in [0.15, 0.2) is 24.4 Å². The van der Waals surface area contributed by atoms with E-state index >= 15 is 0 Å². The number of rotatable bonds is 8. The van der Waals surface area contributed by atoms with Crippen LogP contribution in [-0.4, -0.2) is 53.0 Å². The summed E-state index contributed by atoms with van der Waals surface area (Å²) in [6.07, 6.45) is 3.77. The quantitative estimate of drug-likeness (QED) is 0.441. The molecule has 0 aromatic carbocycles. The zero-order valence-electron chi connectivity index (χ0n) is 21.6. The van der Waals surface area contributed by atoms with Crippen LogP contribution in [0.1, 0.15) is 62.5 Å². The SMILES string of the molecule is Cc1nc(-c2nnn(C)c2CNc2nccc(C3(C)CC(F)(F)C3)n2)ccc1O[C@H]1CCC[C@H](C(=O)O)C1. The zero-order valence-corrected chi connectivity index (χ0v) is 21.6. The molecule has 0 bridgehead atoms. The van der Waals surface area contributed by atoms with Crippen molar-refractivity contribution >= 4 is 11.9 Å². The molecule has 3 heterocycles. The number of carboxylic acids is 1. The number of aliphatic carboxylic acids is 1. The van der Waals surface area contributed by atoms with Crippen molar-refractivity contribution in [1.29, 1.82) is 0 Å². The van der Waals surface area contributed by atoms with E-state index in [0.29, 0.717) is 53.9 Å². The fourth-order valence-electron chi connectivity index (χ4n) is 5.45. The van der Waals surface area contributed by atoms with Gasteiger partial charge in [-0.15, -0.1) is 5.10 Å². The number of carbonyl (C=O) groups is 1. The first kappa shape index (κ1) is 25.9. The second-order valence-electron chi connectivity index (χ2n) is 10.6. The third-order valence-corrected chi connectivity index (χ3v) is 7.48. The summed E-state index contributed by atoms with van der Waals surface area (Å²) < 4.78 is 34.8. The first-order valence-corrected chi connectivity index (χ1v) is 12.7. The van der Waals surface area contributed by atoms with E-state index in [4.69, 9.17) is 4.74 Å². The van der Waals surface area contributed by atoms with Gasteiger partial charge in [-0.3, -0.25) is 4.79 Å². The molecule has 0 saturated heterocycles. The summed E-state index contributed by atoms with van der Waals surface area (Å²) in [5, 5.41) is 20.9. The number of anilines is 1. The van der Waals surface area contributed by atoms with Crippen molar-refractivity contribution in [2.75, 3.05) is 5.32 Å². The minimum Gasteiger partial charge on any atom is -0.489 e. The van der Waals surface area contributed by atoms with E-state index in [1.165, 1.54) is 0 Å². The Bertz CT molecular complexity index is 1340. The molecule has 3 aromatic heterocycles. The average Bonchev–Trinajstić information content (AvgIpc) is 3.23. The van der Waals surface area contributed by atoms with Crippen LogP contribution in [-0.2, 0) is 23.8 Å². The van der Waals surface area contributed by atoms with Gasteiger partial charge in [-0.05, 0) is 50.8 Å². The van der Waals surface area contributed by atoms with Crippen LogP contribution in [0.2, 0.25) is 0 Å². The average molecular weight is 528 g/mol. The molecule has 3 aromatic rings. The van der Waals surface area contributed by atoms with Gasteiger partial charge in [-0.25, -0.2) is 28.4 Å². The highest BCUT2D eigenvalue weighted by atomic mass is 19.3. The highest BCUT2D eigenvalue weighted by Gasteiger charge is 2.55. The molecule has 2 N–H and O–H groups in total. The zero-order chi connectivity index (χ0) is 27.1. The molecule has 12 heteroatoms. The molecule has 0 spiro atoms. The Morgan fingerprint density at radius 1 is 1.24 bits per heavy atom. The van der Waals surface area contributed by atoms with Crippen molar-refractivity contribution in [2.24, 2.45) is 13.0 Å². The number of carboxylic acid groups (broad SMARTS) is 1. The second-order valence-corrected chi connectivity index (χ2v) is 10.6. The first-order chi connectivity index (χ1) is 18.0. The van der Waals surface area contributed by atoms with Gasteiger partial charge < -0.3 is 15.2 Å². The molecule has 202 valence electrons. The minimum absolute atomic E-state index is 0.156. The van der Waals surface area contributed by atoms with Crippen molar-refractivity contribution < 1.29 is 23.4 Å². The summed E-state index contributed by atoms with van der Waals surface area (Å²) in [5.74, 6) is -2.84. The predicted molar refractivity (Wildman–Crippen MR) is 134 cm³/mol. The van der Waals surface area contributed by atoms with Gasteiger partial charge in [-0.2, -0.15) is 0 Å². The summed E-state index contributed by atoms with van der Waals surface area (Å²) in [6, 6.07) is 5.32. The van der Waals surface area contributed by atoms with Crippen molar-refractivity contribution in [2.45, 2.75) is 76.4 Å². The number of hydrogen-bond donors (Lipinski definition) is 2. The molecule has 2 aliphatic rings. The molecule has 0 unspecified atom stereocenters. The molecule has 2 saturated carbocycles. The molecular weight excluding hydrogens is 496 g/mol. The van der Waals surface area contributed by atoms with Crippen LogP contribution in [0, 0.1) is 12.8 Å². The van der Waals surface area contributed by atoms with Gasteiger partial charge in [0, 0.05) is 31.5 Å². The van der Waals surface area contributed by atoms with E-state index in [2.05, 4.69) is 30.6 Å². The van der Waals surface area contributed by atoms with Gasteiger partial charge in [0.15, 0.2) is 0 Å². The minimum atomic E-state index is -2.65. The Balaban J connectivity index is 1.28. The van der Waals surface area contributed by atoms with Gasteiger partial charge in [0.1, 0.15) is 11.4 Å². The Hall–Kier alpha value is -3.70. The van der Waals surface area contributed by atoms with Crippen LogP contribution in [0.5, 0.6) is 5.75 Å². The fraction of sp³-hybridized carbons (Fsp3) is 0.538. The molecular formula is C26H31F2N7O3. The maximum absolute atomic E-state index is 13.5. The van der Waals surface area contributed by atoms with Crippen molar-refractivity contribution in [3.63, 3.8) is 0 Å². The molecule has 2 atom stereocenters. The molecule has 2 fully saturated rings. The number of nitrogens with zero attached hydrogens (tertiary/aromatic N) is 6. The lowest BCUT2D eigenvalue weighted by molar-refractivity contribution is -0.143. The molecule has 2 aliphatic carbocycles. The molecule has 5 rings (SSSR count). The van der Waals surface area contributed by atoms with E-state index in [9.17, 15) is 18.7 Å². The highest BCUT2D eigenvalue weighted by molar-refractivity contribution is 5.70. The van der Waals surface area contributed by atoms with Crippen molar-refractivity contribution in [1.82, 2.24) is 29.9 Å². The van der Waals surface area contributed by atoms with E-state index in [-0.39, 0.29) is 24.9 Å². The third-order valence-electron chi connectivity index (χ3n) is 7.48. The van der Waals surface area contributed by atoms with Gasteiger partial charge in [0.05, 0.1) is 41.3 Å². The summed E-state index contributed by atoms with van der Waals surface area (Å²) in [4.78, 5) is 24.8. The van der Waals surface area contributed by atoms with E-state index in [1.54, 1.807) is 30.9 Å². The second kappa shape index (κ2) is 9.88. The largest absolute Gasteiger partial charge is 0.489 e. The van der Waals surface area contributed by atoms with Gasteiger partial charge in [-0.1, -0.05) is 12.1 Å². The smallest absolute Gasteiger partial charge is 0.306 e. The van der Waals surface area contributed by atoms with E-state index < -0.39 is 17.3 Å². The van der Waals surface area contributed by atoms with E-state index in [1.807, 2.05) is 19.1 Å². The van der Waals surface area contributed by atoms with Crippen LogP contribution < -0.4 is 10.1 Å². The van der Waals surface area contributed by atoms with Gasteiger partial charge >= 0.3 is 5.97 Å². The number of aromatic nitrogens is 6. The van der Waals surface area contributed by atoms with Crippen molar-refractivity contribution in [3.05, 3.63) is 41.5 Å². The fourth-order valence-corrected chi connectivity index (χ4v) is 5.45.